The van der Waals surface area contributed by atoms with Crippen molar-refractivity contribution < 1.29 is 4.79 Å². The predicted octanol–water partition coefficient (Wildman–Crippen LogP) is 5.00. The number of halogens is 2. The Morgan fingerprint density at radius 3 is 2.77 bits per heavy atom. The number of thioether (sulfide) groups is 1. The van der Waals surface area contributed by atoms with E-state index in [2.05, 4.69) is 15.5 Å². The van der Waals surface area contributed by atoms with E-state index < -0.39 is 5.25 Å². The summed E-state index contributed by atoms with van der Waals surface area (Å²) in [5.41, 5.74) is 2.56. The van der Waals surface area contributed by atoms with Crippen molar-refractivity contribution in [3.8, 4) is 5.69 Å². The second-order valence-corrected chi connectivity index (χ2v) is 7.80. The van der Waals surface area contributed by atoms with Gasteiger partial charge in [0, 0.05) is 5.02 Å². The van der Waals surface area contributed by atoms with Gasteiger partial charge in [0.1, 0.15) is 6.33 Å². The van der Waals surface area contributed by atoms with Gasteiger partial charge in [0.25, 0.3) is 0 Å². The molecule has 0 spiro atoms. The fourth-order valence-electron chi connectivity index (χ4n) is 2.34. The molecule has 3 aromatic rings. The van der Waals surface area contributed by atoms with E-state index in [1.54, 1.807) is 31.5 Å². The number of nitrogens with zero attached hydrogens (tertiary/aromatic N) is 3. The number of rotatable bonds is 5. The van der Waals surface area contributed by atoms with Crippen LogP contribution in [0.1, 0.15) is 12.5 Å². The zero-order chi connectivity index (χ0) is 18.7. The molecule has 0 fully saturated rings. The minimum Gasteiger partial charge on any atom is -0.324 e. The lowest BCUT2D eigenvalue weighted by Crippen LogP contribution is -2.23. The maximum Gasteiger partial charge on any atom is 0.237 e. The summed E-state index contributed by atoms with van der Waals surface area (Å²) in [6.07, 6.45) is 1.64. The molecule has 0 aliphatic heterocycles. The van der Waals surface area contributed by atoms with Crippen LogP contribution in [0, 0.1) is 6.92 Å². The van der Waals surface area contributed by atoms with Crippen molar-refractivity contribution in [2.75, 3.05) is 5.32 Å². The first kappa shape index (κ1) is 18.8. The van der Waals surface area contributed by atoms with E-state index in [9.17, 15) is 4.79 Å². The van der Waals surface area contributed by atoms with Crippen molar-refractivity contribution in [3.05, 3.63) is 64.4 Å². The molecule has 3 rings (SSSR count). The molecule has 1 heterocycles. The highest BCUT2D eigenvalue weighted by atomic mass is 35.5. The second-order valence-electron chi connectivity index (χ2n) is 5.64. The number of hydrogen-bond acceptors (Lipinski definition) is 4. The predicted molar refractivity (Wildman–Crippen MR) is 107 cm³/mol. The molecule has 0 saturated heterocycles. The molecule has 26 heavy (non-hydrogen) atoms. The van der Waals surface area contributed by atoms with E-state index in [0.29, 0.717) is 20.9 Å². The topological polar surface area (TPSA) is 59.8 Å². The zero-order valence-corrected chi connectivity index (χ0v) is 16.4. The fraction of sp³-hybridized carbons (Fsp3) is 0.167. The molecule has 5 nitrogen and oxygen atoms in total. The van der Waals surface area contributed by atoms with Crippen LogP contribution in [0.2, 0.25) is 10.0 Å². The van der Waals surface area contributed by atoms with E-state index in [1.807, 2.05) is 35.8 Å². The van der Waals surface area contributed by atoms with Crippen molar-refractivity contribution in [2.24, 2.45) is 0 Å². The standard InChI is InChI=1S/C18H16Cl2N4OS/c1-11-5-3-4-6-16(11)24-10-21-23-18(24)26-12(2)17(25)22-15-9-13(19)7-8-14(15)20/h3-10,12H,1-2H3,(H,22,25). The minimum atomic E-state index is -0.406. The maximum atomic E-state index is 12.5. The molecule has 0 aliphatic carbocycles. The molecule has 1 aromatic heterocycles. The third-order valence-electron chi connectivity index (χ3n) is 3.73. The number of anilines is 1. The van der Waals surface area contributed by atoms with E-state index in [1.165, 1.54) is 11.8 Å². The van der Waals surface area contributed by atoms with Crippen molar-refractivity contribution in [2.45, 2.75) is 24.3 Å². The number of hydrogen-bond donors (Lipinski definition) is 1. The Morgan fingerprint density at radius 1 is 1.23 bits per heavy atom. The highest BCUT2D eigenvalue weighted by Gasteiger charge is 2.20. The first-order chi connectivity index (χ1) is 12.5. The van der Waals surface area contributed by atoms with E-state index in [-0.39, 0.29) is 5.91 Å². The van der Waals surface area contributed by atoms with Gasteiger partial charge in [0.2, 0.25) is 5.91 Å². The summed E-state index contributed by atoms with van der Waals surface area (Å²) in [5, 5.41) is 12.1. The van der Waals surface area contributed by atoms with Gasteiger partial charge in [0.05, 0.1) is 21.6 Å². The SMILES string of the molecule is Cc1ccccc1-n1cnnc1SC(C)C(=O)Nc1cc(Cl)ccc1Cl. The highest BCUT2D eigenvalue weighted by molar-refractivity contribution is 8.00. The Balaban J connectivity index is 1.76. The molecular weight excluding hydrogens is 391 g/mol. The van der Waals surface area contributed by atoms with Gasteiger partial charge in [-0.05, 0) is 43.7 Å². The van der Waals surface area contributed by atoms with Crippen LogP contribution < -0.4 is 5.32 Å². The third kappa shape index (κ3) is 4.20. The van der Waals surface area contributed by atoms with Crippen LogP contribution in [0.3, 0.4) is 0 Å². The number of aryl methyl sites for hydroxylation is 1. The lowest BCUT2D eigenvalue weighted by molar-refractivity contribution is -0.115. The van der Waals surface area contributed by atoms with Gasteiger partial charge in [-0.2, -0.15) is 0 Å². The highest BCUT2D eigenvalue weighted by Crippen LogP contribution is 2.28. The Kier molecular flexibility index (Phi) is 5.86. The average molecular weight is 407 g/mol. The van der Waals surface area contributed by atoms with Crippen LogP contribution in [-0.2, 0) is 4.79 Å². The Morgan fingerprint density at radius 2 is 2.00 bits per heavy atom. The van der Waals surface area contributed by atoms with Crippen molar-refractivity contribution >= 4 is 46.6 Å². The molecule has 134 valence electrons. The summed E-state index contributed by atoms with van der Waals surface area (Å²) >= 11 is 13.4. The summed E-state index contributed by atoms with van der Waals surface area (Å²) < 4.78 is 1.87. The number of carbonyl (C=O) groups is 1. The van der Waals surface area contributed by atoms with Gasteiger partial charge >= 0.3 is 0 Å². The van der Waals surface area contributed by atoms with E-state index >= 15 is 0 Å². The van der Waals surface area contributed by atoms with Gasteiger partial charge in [-0.25, -0.2) is 0 Å². The number of para-hydroxylation sites is 1. The van der Waals surface area contributed by atoms with Gasteiger partial charge < -0.3 is 5.32 Å². The van der Waals surface area contributed by atoms with Crippen LogP contribution in [-0.4, -0.2) is 25.9 Å². The number of nitrogens with one attached hydrogen (secondary N) is 1. The quantitative estimate of drug-likeness (QED) is 0.605. The van der Waals surface area contributed by atoms with Crippen molar-refractivity contribution in [1.29, 1.82) is 0 Å². The summed E-state index contributed by atoms with van der Waals surface area (Å²) in [7, 11) is 0. The van der Waals surface area contributed by atoms with Crippen LogP contribution in [0.5, 0.6) is 0 Å². The van der Waals surface area contributed by atoms with Crippen LogP contribution >= 0.6 is 35.0 Å². The first-order valence-corrected chi connectivity index (χ1v) is 9.48. The monoisotopic (exact) mass is 406 g/mol. The molecule has 1 unspecified atom stereocenters. The van der Waals surface area contributed by atoms with Gasteiger partial charge in [-0.1, -0.05) is 53.2 Å². The molecule has 1 N–H and O–H groups in total. The van der Waals surface area contributed by atoms with Crippen molar-refractivity contribution in [1.82, 2.24) is 14.8 Å². The molecular formula is C18H16Cl2N4OS. The average Bonchev–Trinajstić information content (AvgIpc) is 3.06. The van der Waals surface area contributed by atoms with Crippen LogP contribution in [0.25, 0.3) is 5.69 Å². The van der Waals surface area contributed by atoms with Gasteiger partial charge in [0.15, 0.2) is 5.16 Å². The Bertz CT molecular complexity index is 944. The molecule has 0 radical (unpaired) electrons. The summed E-state index contributed by atoms with van der Waals surface area (Å²) in [5.74, 6) is -0.196. The van der Waals surface area contributed by atoms with Crippen LogP contribution in [0.4, 0.5) is 5.69 Å². The normalized spacial score (nSPS) is 12.0. The number of amides is 1. The maximum absolute atomic E-state index is 12.5. The molecule has 0 aliphatic rings. The lowest BCUT2D eigenvalue weighted by atomic mass is 10.2. The summed E-state index contributed by atoms with van der Waals surface area (Å²) in [6.45, 7) is 3.82. The van der Waals surface area contributed by atoms with Gasteiger partial charge in [-0.3, -0.25) is 9.36 Å². The fourth-order valence-corrected chi connectivity index (χ4v) is 3.52. The number of benzene rings is 2. The zero-order valence-electron chi connectivity index (χ0n) is 14.1. The van der Waals surface area contributed by atoms with Crippen LogP contribution in [0.15, 0.2) is 53.9 Å². The van der Waals surface area contributed by atoms with E-state index in [4.69, 9.17) is 23.2 Å². The van der Waals surface area contributed by atoms with E-state index in [0.717, 1.165) is 11.3 Å². The molecule has 2 aromatic carbocycles. The first-order valence-electron chi connectivity index (χ1n) is 7.84. The molecule has 1 amide bonds. The summed E-state index contributed by atoms with van der Waals surface area (Å²) in [6, 6.07) is 12.9. The summed E-state index contributed by atoms with van der Waals surface area (Å²) in [4.78, 5) is 12.5. The minimum absolute atomic E-state index is 0.196. The smallest absolute Gasteiger partial charge is 0.237 e. The largest absolute Gasteiger partial charge is 0.324 e. The third-order valence-corrected chi connectivity index (χ3v) is 5.35. The Hall–Kier alpha value is -2.02. The number of aromatic nitrogens is 3. The Labute approximate surface area is 165 Å². The lowest BCUT2D eigenvalue weighted by Gasteiger charge is -2.14. The second kappa shape index (κ2) is 8.12. The molecule has 0 bridgehead atoms. The van der Waals surface area contributed by atoms with Crippen molar-refractivity contribution in [3.63, 3.8) is 0 Å². The number of carbonyl (C=O) groups excluding carboxylic acids is 1. The molecule has 8 heteroatoms. The molecule has 0 saturated carbocycles. The molecule has 1 atom stereocenters. The van der Waals surface area contributed by atoms with Gasteiger partial charge in [-0.15, -0.1) is 10.2 Å².